The number of hydrogen-bond acceptors (Lipinski definition) is 6. The Kier molecular flexibility index (Phi) is 4.41. The van der Waals surface area contributed by atoms with Gasteiger partial charge in [0.15, 0.2) is 5.82 Å². The number of nitrogens with zero attached hydrogens (tertiary/aromatic N) is 4. The van der Waals surface area contributed by atoms with Crippen LogP contribution in [0.4, 0.5) is 5.69 Å². The van der Waals surface area contributed by atoms with E-state index in [1.165, 1.54) is 17.7 Å². The van der Waals surface area contributed by atoms with Crippen molar-refractivity contribution in [3.05, 3.63) is 88.5 Å². The number of nitrogens with one attached hydrogen (secondary N) is 2. The van der Waals surface area contributed by atoms with Gasteiger partial charge in [-0.1, -0.05) is 24.3 Å². The first-order valence-corrected chi connectivity index (χ1v) is 9.92. The van der Waals surface area contributed by atoms with E-state index in [4.69, 9.17) is 0 Å². The Morgan fingerprint density at radius 1 is 1.07 bits per heavy atom. The third-order valence-electron chi connectivity index (χ3n) is 4.45. The summed E-state index contributed by atoms with van der Waals surface area (Å²) in [4.78, 5) is 36.8. The second-order valence-electron chi connectivity index (χ2n) is 6.40. The lowest BCUT2D eigenvalue weighted by Crippen LogP contribution is -2.15. The van der Waals surface area contributed by atoms with Crippen LogP contribution in [0.3, 0.4) is 0 Å². The van der Waals surface area contributed by atoms with E-state index in [1.807, 2.05) is 47.8 Å². The number of fused-ring (bicyclic) bond motifs is 1. The molecule has 3 heterocycles. The lowest BCUT2D eigenvalue weighted by atomic mass is 10.2. The summed E-state index contributed by atoms with van der Waals surface area (Å²) < 4.78 is 1.65. The van der Waals surface area contributed by atoms with Gasteiger partial charge in [0.25, 0.3) is 11.5 Å². The number of H-pyrrole nitrogens is 1. The molecule has 1 amide bonds. The molecule has 0 fully saturated rings. The molecule has 0 saturated carbocycles. The first-order valence-electron chi connectivity index (χ1n) is 9.04. The molecule has 5 rings (SSSR count). The predicted octanol–water partition coefficient (Wildman–Crippen LogP) is 3.48. The third kappa shape index (κ3) is 3.27. The molecular weight excluding hydrogens is 400 g/mol. The maximum Gasteiger partial charge on any atom is 0.295 e. The van der Waals surface area contributed by atoms with Gasteiger partial charge in [-0.2, -0.15) is 0 Å². The Labute approximate surface area is 173 Å². The standard InChI is InChI=1S/C21H14N6O2S/c28-20-15-11-13(8-9-16(15)22-12-23-20)24-21(29)18-25-19(17-7-4-10-30-17)27(26-18)14-5-2-1-3-6-14/h1-12H,(H,24,29)(H,22,23,28). The number of carbonyl (C=O) groups excluding carboxylic acids is 1. The highest BCUT2D eigenvalue weighted by Gasteiger charge is 2.19. The van der Waals surface area contributed by atoms with Crippen LogP contribution in [0.5, 0.6) is 0 Å². The van der Waals surface area contributed by atoms with Crippen molar-refractivity contribution in [1.82, 2.24) is 24.7 Å². The van der Waals surface area contributed by atoms with Crippen LogP contribution in [0, 0.1) is 0 Å². The Morgan fingerprint density at radius 2 is 1.93 bits per heavy atom. The summed E-state index contributed by atoms with van der Waals surface area (Å²) in [6.45, 7) is 0. The predicted molar refractivity (Wildman–Crippen MR) is 115 cm³/mol. The van der Waals surface area contributed by atoms with Crippen molar-refractivity contribution in [2.75, 3.05) is 5.32 Å². The molecule has 0 radical (unpaired) electrons. The van der Waals surface area contributed by atoms with Crippen LogP contribution in [0.2, 0.25) is 0 Å². The quantitative estimate of drug-likeness (QED) is 0.468. The maximum absolute atomic E-state index is 12.9. The van der Waals surface area contributed by atoms with E-state index in [0.29, 0.717) is 22.4 Å². The molecule has 146 valence electrons. The summed E-state index contributed by atoms with van der Waals surface area (Å²) in [5, 5.41) is 9.52. The second-order valence-corrected chi connectivity index (χ2v) is 7.35. The minimum atomic E-state index is -0.470. The first kappa shape index (κ1) is 18.0. The molecule has 8 nitrogen and oxygen atoms in total. The Hall–Kier alpha value is -4.11. The third-order valence-corrected chi connectivity index (χ3v) is 5.32. The topological polar surface area (TPSA) is 106 Å². The smallest absolute Gasteiger partial charge is 0.295 e. The van der Waals surface area contributed by atoms with E-state index in [9.17, 15) is 9.59 Å². The molecular formula is C21H14N6O2S. The van der Waals surface area contributed by atoms with Gasteiger partial charge in [0.1, 0.15) is 0 Å². The van der Waals surface area contributed by atoms with Crippen molar-refractivity contribution in [3.63, 3.8) is 0 Å². The van der Waals surface area contributed by atoms with Crippen molar-refractivity contribution in [2.45, 2.75) is 0 Å². The van der Waals surface area contributed by atoms with E-state index in [2.05, 4.69) is 25.4 Å². The van der Waals surface area contributed by atoms with Crippen molar-refractivity contribution in [2.24, 2.45) is 0 Å². The molecule has 9 heteroatoms. The van der Waals surface area contributed by atoms with Gasteiger partial charge in [-0.3, -0.25) is 9.59 Å². The van der Waals surface area contributed by atoms with E-state index in [0.717, 1.165) is 10.6 Å². The van der Waals surface area contributed by atoms with Crippen LogP contribution in [-0.2, 0) is 0 Å². The summed E-state index contributed by atoms with van der Waals surface area (Å²) in [5.41, 5.74) is 1.53. The van der Waals surface area contributed by atoms with Crippen molar-refractivity contribution in [1.29, 1.82) is 0 Å². The number of aromatic nitrogens is 5. The lowest BCUT2D eigenvalue weighted by Gasteiger charge is -2.04. The molecule has 0 aliphatic heterocycles. The number of amides is 1. The van der Waals surface area contributed by atoms with Crippen molar-refractivity contribution in [3.8, 4) is 16.4 Å². The van der Waals surface area contributed by atoms with Gasteiger partial charge in [-0.25, -0.2) is 14.6 Å². The van der Waals surface area contributed by atoms with Gasteiger partial charge in [-0.05, 0) is 41.8 Å². The highest BCUT2D eigenvalue weighted by molar-refractivity contribution is 7.13. The minimum absolute atomic E-state index is 0.0300. The van der Waals surface area contributed by atoms with Crippen LogP contribution in [0.15, 0.2) is 77.2 Å². The van der Waals surface area contributed by atoms with Gasteiger partial charge in [-0.15, -0.1) is 16.4 Å². The molecule has 2 N–H and O–H groups in total. The van der Waals surface area contributed by atoms with Crippen LogP contribution < -0.4 is 10.9 Å². The molecule has 2 aromatic carbocycles. The zero-order valence-electron chi connectivity index (χ0n) is 15.4. The van der Waals surface area contributed by atoms with Gasteiger partial charge in [0.2, 0.25) is 5.82 Å². The summed E-state index contributed by atoms with van der Waals surface area (Å²) >= 11 is 1.52. The van der Waals surface area contributed by atoms with Gasteiger partial charge in [0, 0.05) is 5.69 Å². The van der Waals surface area contributed by atoms with Crippen molar-refractivity contribution < 1.29 is 4.79 Å². The SMILES string of the molecule is O=C(Nc1ccc2nc[nH]c(=O)c2c1)c1nc(-c2cccs2)n(-c2ccccc2)n1. The molecule has 0 saturated heterocycles. The highest BCUT2D eigenvalue weighted by Crippen LogP contribution is 2.26. The molecule has 0 atom stereocenters. The van der Waals surface area contributed by atoms with Gasteiger partial charge >= 0.3 is 0 Å². The maximum atomic E-state index is 12.9. The Bertz CT molecular complexity index is 1410. The molecule has 3 aromatic heterocycles. The largest absolute Gasteiger partial charge is 0.319 e. The van der Waals surface area contributed by atoms with Crippen LogP contribution >= 0.6 is 11.3 Å². The fraction of sp³-hybridized carbons (Fsp3) is 0. The molecule has 5 aromatic rings. The van der Waals surface area contributed by atoms with Gasteiger partial charge in [0.05, 0.1) is 27.8 Å². The lowest BCUT2D eigenvalue weighted by molar-refractivity contribution is 0.101. The number of para-hydroxylation sites is 1. The van der Waals surface area contributed by atoms with Gasteiger partial charge < -0.3 is 10.3 Å². The van der Waals surface area contributed by atoms with E-state index in [1.54, 1.807) is 22.9 Å². The molecule has 0 spiro atoms. The number of benzene rings is 2. The van der Waals surface area contributed by atoms with E-state index >= 15 is 0 Å². The molecule has 0 unspecified atom stereocenters. The average molecular weight is 414 g/mol. The number of thiophene rings is 1. The summed E-state index contributed by atoms with van der Waals surface area (Å²) in [6.07, 6.45) is 1.34. The fourth-order valence-corrected chi connectivity index (χ4v) is 3.75. The number of carbonyl (C=O) groups is 1. The zero-order valence-corrected chi connectivity index (χ0v) is 16.3. The number of hydrogen-bond donors (Lipinski definition) is 2. The Morgan fingerprint density at radius 3 is 2.73 bits per heavy atom. The molecule has 0 bridgehead atoms. The molecule has 0 aliphatic rings. The summed E-state index contributed by atoms with van der Waals surface area (Å²) in [7, 11) is 0. The zero-order chi connectivity index (χ0) is 20.5. The van der Waals surface area contributed by atoms with Crippen LogP contribution in [0.25, 0.3) is 27.3 Å². The van der Waals surface area contributed by atoms with E-state index in [-0.39, 0.29) is 11.4 Å². The highest BCUT2D eigenvalue weighted by atomic mass is 32.1. The number of anilines is 1. The van der Waals surface area contributed by atoms with Crippen LogP contribution in [-0.4, -0.2) is 30.6 Å². The second kappa shape index (κ2) is 7.37. The number of aromatic amines is 1. The first-order chi connectivity index (χ1) is 14.7. The summed E-state index contributed by atoms with van der Waals surface area (Å²) in [5.74, 6) is 0.144. The molecule has 30 heavy (non-hydrogen) atoms. The number of rotatable bonds is 4. The van der Waals surface area contributed by atoms with Crippen molar-refractivity contribution >= 4 is 33.8 Å². The Balaban J connectivity index is 1.52. The van der Waals surface area contributed by atoms with Crippen LogP contribution in [0.1, 0.15) is 10.6 Å². The minimum Gasteiger partial charge on any atom is -0.319 e. The van der Waals surface area contributed by atoms with E-state index < -0.39 is 5.91 Å². The summed E-state index contributed by atoms with van der Waals surface area (Å²) in [6, 6.07) is 18.3. The fourth-order valence-electron chi connectivity index (χ4n) is 3.06. The molecule has 0 aliphatic carbocycles. The monoisotopic (exact) mass is 414 g/mol. The normalized spacial score (nSPS) is 10.9. The average Bonchev–Trinajstić information content (AvgIpc) is 3.45.